The summed E-state index contributed by atoms with van der Waals surface area (Å²) in [7, 11) is 1.86. The molecular formula is C17H26N4O. The molecule has 0 saturated carbocycles. The lowest BCUT2D eigenvalue weighted by molar-refractivity contribution is 0.229. The predicted molar refractivity (Wildman–Crippen MR) is 90.5 cm³/mol. The van der Waals surface area contributed by atoms with E-state index in [1.165, 1.54) is 17.7 Å². The minimum Gasteiger partial charge on any atom is -0.326 e. The number of urea groups is 1. The monoisotopic (exact) mass is 302 g/mol. The molecule has 2 saturated heterocycles. The number of hydrazine groups is 1. The molecule has 120 valence electrons. The fourth-order valence-electron chi connectivity index (χ4n) is 3.15. The molecular weight excluding hydrogens is 276 g/mol. The number of carbonyl (C=O) groups excluding carboxylic acids is 1. The molecule has 2 aliphatic heterocycles. The third kappa shape index (κ3) is 2.65. The molecule has 2 fully saturated rings. The molecule has 2 aliphatic rings. The van der Waals surface area contributed by atoms with E-state index in [0.29, 0.717) is 0 Å². The second kappa shape index (κ2) is 5.47. The van der Waals surface area contributed by atoms with Gasteiger partial charge in [-0.25, -0.2) is 10.2 Å². The van der Waals surface area contributed by atoms with Crippen molar-refractivity contribution in [2.75, 3.05) is 43.1 Å². The molecule has 0 unspecified atom stereocenters. The van der Waals surface area contributed by atoms with Gasteiger partial charge in [0, 0.05) is 38.9 Å². The molecule has 1 aromatic carbocycles. The molecule has 5 nitrogen and oxygen atoms in total. The third-order valence-corrected chi connectivity index (χ3v) is 4.47. The van der Waals surface area contributed by atoms with E-state index in [1.54, 1.807) is 4.90 Å². The van der Waals surface area contributed by atoms with Gasteiger partial charge in [0.1, 0.15) is 0 Å². The van der Waals surface area contributed by atoms with E-state index in [4.69, 9.17) is 0 Å². The Bertz CT molecular complexity index is 573. The van der Waals surface area contributed by atoms with Crippen LogP contribution in [0, 0.1) is 0 Å². The van der Waals surface area contributed by atoms with Crippen LogP contribution < -0.4 is 15.3 Å². The first kappa shape index (κ1) is 15.2. The smallest absolute Gasteiger partial charge is 0.324 e. The second-order valence-electron chi connectivity index (χ2n) is 7.22. The largest absolute Gasteiger partial charge is 0.326 e. The normalized spacial score (nSPS) is 19.5. The predicted octanol–water partition coefficient (Wildman–Crippen LogP) is 2.57. The SMILES string of the molecule is CN1CCN(c2ccc(N3CCCN3)c(C(C)(C)C)c2)C1=O. The molecule has 0 bridgehead atoms. The van der Waals surface area contributed by atoms with Gasteiger partial charge in [-0.05, 0) is 35.6 Å². The number of rotatable bonds is 2. The summed E-state index contributed by atoms with van der Waals surface area (Å²) in [6.45, 7) is 10.3. The van der Waals surface area contributed by atoms with Gasteiger partial charge in [-0.1, -0.05) is 20.8 Å². The van der Waals surface area contributed by atoms with Crippen LogP contribution in [0.4, 0.5) is 16.2 Å². The van der Waals surface area contributed by atoms with Crippen LogP contribution in [0.1, 0.15) is 32.8 Å². The van der Waals surface area contributed by atoms with Gasteiger partial charge in [-0.3, -0.25) is 4.90 Å². The number of hydrogen-bond acceptors (Lipinski definition) is 3. The van der Waals surface area contributed by atoms with Crippen LogP contribution in [0.15, 0.2) is 18.2 Å². The molecule has 5 heteroatoms. The van der Waals surface area contributed by atoms with Crippen molar-refractivity contribution in [3.05, 3.63) is 23.8 Å². The van der Waals surface area contributed by atoms with Crippen molar-refractivity contribution in [2.24, 2.45) is 0 Å². The Morgan fingerprint density at radius 1 is 1.14 bits per heavy atom. The molecule has 1 aromatic rings. The maximum absolute atomic E-state index is 12.2. The fourth-order valence-corrected chi connectivity index (χ4v) is 3.15. The highest BCUT2D eigenvalue weighted by atomic mass is 16.2. The van der Waals surface area contributed by atoms with Crippen molar-refractivity contribution >= 4 is 17.4 Å². The lowest BCUT2D eigenvalue weighted by Gasteiger charge is -2.30. The van der Waals surface area contributed by atoms with Gasteiger partial charge in [-0.2, -0.15) is 0 Å². The van der Waals surface area contributed by atoms with Gasteiger partial charge >= 0.3 is 6.03 Å². The zero-order chi connectivity index (χ0) is 15.9. The van der Waals surface area contributed by atoms with Crippen molar-refractivity contribution in [1.82, 2.24) is 10.3 Å². The summed E-state index contributed by atoms with van der Waals surface area (Å²) in [5.74, 6) is 0. The molecule has 2 heterocycles. The Morgan fingerprint density at radius 2 is 1.91 bits per heavy atom. The van der Waals surface area contributed by atoms with Crippen LogP contribution >= 0.6 is 0 Å². The molecule has 0 atom stereocenters. The number of carbonyl (C=O) groups is 1. The summed E-state index contributed by atoms with van der Waals surface area (Å²) in [6.07, 6.45) is 1.17. The summed E-state index contributed by atoms with van der Waals surface area (Å²) < 4.78 is 0. The number of amides is 2. The molecule has 3 rings (SSSR count). The van der Waals surface area contributed by atoms with Gasteiger partial charge in [0.05, 0.1) is 5.69 Å². The molecule has 2 amide bonds. The summed E-state index contributed by atoms with van der Waals surface area (Å²) in [4.78, 5) is 15.9. The van der Waals surface area contributed by atoms with Crippen LogP contribution in [-0.4, -0.2) is 44.2 Å². The molecule has 0 aromatic heterocycles. The van der Waals surface area contributed by atoms with Gasteiger partial charge in [0.25, 0.3) is 0 Å². The van der Waals surface area contributed by atoms with Crippen molar-refractivity contribution in [3.63, 3.8) is 0 Å². The Balaban J connectivity index is 1.99. The highest BCUT2D eigenvalue weighted by Gasteiger charge is 2.29. The molecule has 0 radical (unpaired) electrons. The number of benzene rings is 1. The van der Waals surface area contributed by atoms with Crippen molar-refractivity contribution < 1.29 is 4.79 Å². The Hall–Kier alpha value is -1.75. The first-order valence-corrected chi connectivity index (χ1v) is 8.06. The van der Waals surface area contributed by atoms with Crippen LogP contribution in [-0.2, 0) is 5.41 Å². The van der Waals surface area contributed by atoms with Crippen LogP contribution in [0.2, 0.25) is 0 Å². The summed E-state index contributed by atoms with van der Waals surface area (Å²) in [6, 6.07) is 6.50. The second-order valence-corrected chi connectivity index (χ2v) is 7.22. The third-order valence-electron chi connectivity index (χ3n) is 4.47. The van der Waals surface area contributed by atoms with Crippen molar-refractivity contribution in [1.29, 1.82) is 0 Å². The summed E-state index contributed by atoms with van der Waals surface area (Å²) in [5, 5.41) is 2.24. The molecule has 1 N–H and O–H groups in total. The molecule has 0 aliphatic carbocycles. The number of anilines is 2. The van der Waals surface area contributed by atoms with E-state index in [1.807, 2.05) is 11.9 Å². The summed E-state index contributed by atoms with van der Waals surface area (Å²) >= 11 is 0. The number of likely N-dealkylation sites (N-methyl/N-ethyl adjacent to an activating group) is 1. The molecule has 0 spiro atoms. The van der Waals surface area contributed by atoms with E-state index in [-0.39, 0.29) is 11.4 Å². The average molecular weight is 302 g/mol. The van der Waals surface area contributed by atoms with E-state index in [9.17, 15) is 4.79 Å². The topological polar surface area (TPSA) is 38.8 Å². The maximum atomic E-state index is 12.2. The highest BCUT2D eigenvalue weighted by molar-refractivity contribution is 5.94. The minimum atomic E-state index is 0.0320. The average Bonchev–Trinajstić information content (AvgIpc) is 3.09. The Labute approximate surface area is 132 Å². The van der Waals surface area contributed by atoms with Crippen molar-refractivity contribution in [2.45, 2.75) is 32.6 Å². The van der Waals surface area contributed by atoms with Gasteiger partial charge < -0.3 is 9.91 Å². The van der Waals surface area contributed by atoms with E-state index in [2.05, 4.69) is 49.4 Å². The first-order chi connectivity index (χ1) is 10.4. The lowest BCUT2D eigenvalue weighted by atomic mass is 9.85. The Morgan fingerprint density at radius 3 is 2.45 bits per heavy atom. The van der Waals surface area contributed by atoms with Crippen LogP contribution in [0.3, 0.4) is 0 Å². The first-order valence-electron chi connectivity index (χ1n) is 8.06. The zero-order valence-corrected chi connectivity index (χ0v) is 14.0. The fraction of sp³-hybridized carbons (Fsp3) is 0.588. The zero-order valence-electron chi connectivity index (χ0n) is 14.0. The number of hydrogen-bond donors (Lipinski definition) is 1. The molecule has 22 heavy (non-hydrogen) atoms. The Kier molecular flexibility index (Phi) is 3.77. The van der Waals surface area contributed by atoms with Crippen LogP contribution in [0.5, 0.6) is 0 Å². The lowest BCUT2D eigenvalue weighted by Crippen LogP contribution is -2.33. The van der Waals surface area contributed by atoms with E-state index >= 15 is 0 Å². The van der Waals surface area contributed by atoms with Gasteiger partial charge in [0.2, 0.25) is 0 Å². The van der Waals surface area contributed by atoms with E-state index in [0.717, 1.165) is 31.9 Å². The van der Waals surface area contributed by atoms with Gasteiger partial charge in [0.15, 0.2) is 0 Å². The standard InChI is InChI=1S/C17H26N4O/c1-17(2,3)14-12-13(20-11-10-19(4)16(20)22)6-7-15(14)21-9-5-8-18-21/h6-7,12,18H,5,8-11H2,1-4H3. The quantitative estimate of drug-likeness (QED) is 0.912. The maximum Gasteiger partial charge on any atom is 0.324 e. The van der Waals surface area contributed by atoms with Gasteiger partial charge in [-0.15, -0.1) is 0 Å². The van der Waals surface area contributed by atoms with E-state index < -0.39 is 0 Å². The summed E-state index contributed by atoms with van der Waals surface area (Å²) in [5.41, 5.74) is 6.98. The van der Waals surface area contributed by atoms with Crippen LogP contribution in [0.25, 0.3) is 0 Å². The van der Waals surface area contributed by atoms with Crippen molar-refractivity contribution in [3.8, 4) is 0 Å². The number of nitrogens with zero attached hydrogens (tertiary/aromatic N) is 3. The number of nitrogens with one attached hydrogen (secondary N) is 1. The minimum absolute atomic E-state index is 0.0320. The highest BCUT2D eigenvalue weighted by Crippen LogP contribution is 2.36.